The first-order valence-electron chi connectivity index (χ1n) is 6.04. The highest BCUT2D eigenvalue weighted by molar-refractivity contribution is 6.31. The quantitative estimate of drug-likeness (QED) is 0.846. The molecular formula is C13H19ClN2O. The van der Waals surface area contributed by atoms with E-state index in [4.69, 9.17) is 16.3 Å². The van der Waals surface area contributed by atoms with Crippen LogP contribution in [0.4, 0.5) is 0 Å². The largest absolute Gasteiger partial charge is 0.380 e. The Labute approximate surface area is 108 Å². The first-order valence-corrected chi connectivity index (χ1v) is 6.42. The molecule has 2 rings (SSSR count). The zero-order chi connectivity index (χ0) is 12.3. The maximum Gasteiger partial charge on any atom is 0.0755 e. The van der Waals surface area contributed by atoms with Gasteiger partial charge >= 0.3 is 0 Å². The molecule has 1 heterocycles. The van der Waals surface area contributed by atoms with Crippen molar-refractivity contribution in [1.29, 1.82) is 0 Å². The van der Waals surface area contributed by atoms with Gasteiger partial charge < -0.3 is 10.1 Å². The molecule has 1 aliphatic rings. The summed E-state index contributed by atoms with van der Waals surface area (Å²) >= 11 is 6.14. The van der Waals surface area contributed by atoms with Gasteiger partial charge in [-0.25, -0.2) is 0 Å². The van der Waals surface area contributed by atoms with Gasteiger partial charge in [0.25, 0.3) is 0 Å². The maximum absolute atomic E-state index is 6.14. The number of hydrogen-bond acceptors (Lipinski definition) is 3. The van der Waals surface area contributed by atoms with Crippen LogP contribution in [0.15, 0.2) is 18.5 Å². The summed E-state index contributed by atoms with van der Waals surface area (Å²) in [5.41, 5.74) is 1.13. The summed E-state index contributed by atoms with van der Waals surface area (Å²) in [7, 11) is 3.77. The third-order valence-corrected chi connectivity index (χ3v) is 3.76. The van der Waals surface area contributed by atoms with Crippen molar-refractivity contribution in [3.05, 3.63) is 29.0 Å². The van der Waals surface area contributed by atoms with Crippen molar-refractivity contribution < 1.29 is 4.74 Å². The van der Waals surface area contributed by atoms with Gasteiger partial charge in [-0.05, 0) is 43.9 Å². The lowest BCUT2D eigenvalue weighted by Crippen LogP contribution is -2.42. The Morgan fingerprint density at radius 3 is 2.88 bits per heavy atom. The van der Waals surface area contributed by atoms with Crippen molar-refractivity contribution in [2.75, 3.05) is 14.2 Å². The molecule has 0 saturated heterocycles. The molecule has 1 saturated carbocycles. The van der Waals surface area contributed by atoms with Crippen molar-refractivity contribution in [2.24, 2.45) is 5.92 Å². The Balaban J connectivity index is 2.06. The second kappa shape index (κ2) is 5.80. The van der Waals surface area contributed by atoms with Crippen LogP contribution in [0.5, 0.6) is 0 Å². The molecule has 0 aromatic carbocycles. The summed E-state index contributed by atoms with van der Waals surface area (Å²) in [6.45, 7) is 0. The second-order valence-electron chi connectivity index (χ2n) is 4.60. The molecule has 17 heavy (non-hydrogen) atoms. The van der Waals surface area contributed by atoms with E-state index in [-0.39, 0.29) is 6.10 Å². The van der Waals surface area contributed by atoms with E-state index in [1.165, 1.54) is 12.8 Å². The minimum atomic E-state index is 0.282. The molecule has 94 valence electrons. The van der Waals surface area contributed by atoms with Crippen LogP contribution in [-0.4, -0.2) is 31.3 Å². The highest BCUT2D eigenvalue weighted by Gasteiger charge is 2.36. The van der Waals surface area contributed by atoms with Crippen molar-refractivity contribution >= 4 is 11.6 Å². The molecule has 0 bridgehead atoms. The summed E-state index contributed by atoms with van der Waals surface area (Å²) in [6, 6.07) is 2.29. The number of hydrogen-bond donors (Lipinski definition) is 1. The Kier molecular flexibility index (Phi) is 4.37. The predicted molar refractivity (Wildman–Crippen MR) is 69.3 cm³/mol. The molecule has 1 N–H and O–H groups in total. The van der Waals surface area contributed by atoms with Crippen molar-refractivity contribution in [2.45, 2.75) is 31.4 Å². The molecular weight excluding hydrogens is 236 g/mol. The normalized spacial score (nSPS) is 19.0. The lowest BCUT2D eigenvalue weighted by Gasteiger charge is -2.26. The molecule has 1 aromatic rings. The van der Waals surface area contributed by atoms with Gasteiger partial charge in [0, 0.05) is 25.5 Å². The van der Waals surface area contributed by atoms with Crippen molar-refractivity contribution in [3.63, 3.8) is 0 Å². The monoisotopic (exact) mass is 254 g/mol. The van der Waals surface area contributed by atoms with E-state index in [1.54, 1.807) is 19.5 Å². The van der Waals surface area contributed by atoms with Crippen LogP contribution in [0.3, 0.4) is 0 Å². The molecule has 0 radical (unpaired) electrons. The summed E-state index contributed by atoms with van der Waals surface area (Å²) in [5.74, 6) is 0.707. The van der Waals surface area contributed by atoms with Crippen LogP contribution >= 0.6 is 11.6 Å². The number of pyridine rings is 1. The van der Waals surface area contributed by atoms with Crippen molar-refractivity contribution in [1.82, 2.24) is 10.3 Å². The Hall–Kier alpha value is -0.640. The number of aromatic nitrogens is 1. The number of nitrogens with zero attached hydrogens (tertiary/aromatic N) is 1. The Bertz CT molecular complexity index is 368. The maximum atomic E-state index is 6.14. The van der Waals surface area contributed by atoms with E-state index in [0.29, 0.717) is 12.0 Å². The molecule has 1 aliphatic carbocycles. The topological polar surface area (TPSA) is 34.2 Å². The van der Waals surface area contributed by atoms with Gasteiger partial charge in [0.2, 0.25) is 0 Å². The number of ether oxygens (including phenoxy) is 1. The van der Waals surface area contributed by atoms with Crippen LogP contribution in [0.25, 0.3) is 0 Å². The van der Waals surface area contributed by atoms with Crippen LogP contribution < -0.4 is 5.32 Å². The van der Waals surface area contributed by atoms with Crippen molar-refractivity contribution in [3.8, 4) is 0 Å². The fourth-order valence-electron chi connectivity index (χ4n) is 2.30. The number of likely N-dealkylation sites (N-methyl/N-ethyl adjacent to an activating group) is 1. The number of halogens is 1. The minimum Gasteiger partial charge on any atom is -0.380 e. The summed E-state index contributed by atoms with van der Waals surface area (Å²) < 4.78 is 5.62. The van der Waals surface area contributed by atoms with Gasteiger partial charge in [0.15, 0.2) is 0 Å². The molecule has 4 heteroatoms. The van der Waals surface area contributed by atoms with E-state index in [2.05, 4.69) is 10.3 Å². The Morgan fingerprint density at radius 1 is 1.59 bits per heavy atom. The third-order valence-electron chi connectivity index (χ3n) is 3.42. The standard InChI is InChI=1S/C13H19ClN2O/c1-15-12(13(17-2)9-3-4-9)7-10-5-6-16-8-11(10)14/h5-6,8-9,12-13,15H,3-4,7H2,1-2H3. The van der Waals surface area contributed by atoms with Gasteiger partial charge in [-0.2, -0.15) is 0 Å². The van der Waals surface area contributed by atoms with Crippen LogP contribution in [-0.2, 0) is 11.2 Å². The molecule has 0 spiro atoms. The average molecular weight is 255 g/mol. The molecule has 2 unspecified atom stereocenters. The molecule has 0 amide bonds. The number of nitrogens with one attached hydrogen (secondary N) is 1. The molecule has 1 aromatic heterocycles. The fraction of sp³-hybridized carbons (Fsp3) is 0.615. The fourth-order valence-corrected chi connectivity index (χ4v) is 2.50. The zero-order valence-electron chi connectivity index (χ0n) is 10.3. The highest BCUT2D eigenvalue weighted by Crippen LogP contribution is 2.36. The smallest absolute Gasteiger partial charge is 0.0755 e. The SMILES string of the molecule is CNC(Cc1ccncc1Cl)C(OC)C1CC1. The number of rotatable bonds is 6. The van der Waals surface area contributed by atoms with Gasteiger partial charge in [-0.1, -0.05) is 11.6 Å². The minimum absolute atomic E-state index is 0.282. The highest BCUT2D eigenvalue weighted by atomic mass is 35.5. The van der Waals surface area contributed by atoms with Gasteiger partial charge in [0.05, 0.1) is 11.1 Å². The van der Waals surface area contributed by atoms with E-state index in [1.807, 2.05) is 13.1 Å². The molecule has 1 fully saturated rings. The van der Waals surface area contributed by atoms with Gasteiger partial charge in [0.1, 0.15) is 0 Å². The summed E-state index contributed by atoms with van der Waals surface area (Å²) in [5, 5.41) is 4.08. The summed E-state index contributed by atoms with van der Waals surface area (Å²) in [4.78, 5) is 4.01. The second-order valence-corrected chi connectivity index (χ2v) is 5.01. The molecule has 3 nitrogen and oxygen atoms in total. The lowest BCUT2D eigenvalue weighted by atomic mass is 9.99. The molecule has 2 atom stereocenters. The van der Waals surface area contributed by atoms with E-state index < -0.39 is 0 Å². The summed E-state index contributed by atoms with van der Waals surface area (Å²) in [6.07, 6.45) is 7.20. The van der Waals surface area contributed by atoms with Crippen LogP contribution in [0, 0.1) is 5.92 Å². The van der Waals surface area contributed by atoms with Crippen LogP contribution in [0.2, 0.25) is 5.02 Å². The average Bonchev–Trinajstić information content (AvgIpc) is 3.15. The van der Waals surface area contributed by atoms with Crippen LogP contribution in [0.1, 0.15) is 18.4 Å². The van der Waals surface area contributed by atoms with E-state index in [9.17, 15) is 0 Å². The Morgan fingerprint density at radius 2 is 2.35 bits per heavy atom. The van der Waals surface area contributed by atoms with E-state index in [0.717, 1.165) is 17.0 Å². The zero-order valence-corrected chi connectivity index (χ0v) is 11.1. The molecule has 0 aliphatic heterocycles. The first kappa shape index (κ1) is 12.8. The van der Waals surface area contributed by atoms with E-state index >= 15 is 0 Å². The van der Waals surface area contributed by atoms with Gasteiger partial charge in [-0.15, -0.1) is 0 Å². The lowest BCUT2D eigenvalue weighted by molar-refractivity contribution is 0.0534. The third kappa shape index (κ3) is 3.18. The number of methoxy groups -OCH3 is 1. The van der Waals surface area contributed by atoms with Gasteiger partial charge in [-0.3, -0.25) is 4.98 Å². The predicted octanol–water partition coefficient (Wildman–Crippen LogP) is 2.29. The first-order chi connectivity index (χ1) is 8.26.